The summed E-state index contributed by atoms with van der Waals surface area (Å²) in [5, 5.41) is 0. The van der Waals surface area contributed by atoms with Gasteiger partial charge >= 0.3 is 11.9 Å². The van der Waals surface area contributed by atoms with Crippen LogP contribution in [0.4, 0.5) is 0 Å². The summed E-state index contributed by atoms with van der Waals surface area (Å²) in [6.45, 7) is 11.1. The summed E-state index contributed by atoms with van der Waals surface area (Å²) in [6, 6.07) is 23.9. The molecule has 0 saturated heterocycles. The summed E-state index contributed by atoms with van der Waals surface area (Å²) in [7, 11) is 0. The summed E-state index contributed by atoms with van der Waals surface area (Å²) < 4.78 is 24.3. The number of benzene rings is 4. The standard InChI is InChI=1S/C38H36O6/c1-5-19-41-35-27-11-7-12-28(35)22-32-16-10-18-34(38(32)44-26(4)40)24-30-14-8-13-29(36(30)42-20-6-2)23-33-17-9-15-31(21-27)37(33)43-25(3)39/h5-18H,1-2,19-24H2,3-4H3. The van der Waals surface area contributed by atoms with Crippen molar-refractivity contribution >= 4 is 11.9 Å². The van der Waals surface area contributed by atoms with Crippen LogP contribution in [0.25, 0.3) is 0 Å². The average molecular weight is 589 g/mol. The minimum absolute atomic E-state index is 0.319. The zero-order valence-electron chi connectivity index (χ0n) is 25.2. The molecule has 224 valence electrons. The van der Waals surface area contributed by atoms with E-state index < -0.39 is 11.9 Å². The van der Waals surface area contributed by atoms with Crippen molar-refractivity contribution in [2.45, 2.75) is 39.5 Å². The molecule has 6 nitrogen and oxygen atoms in total. The SMILES string of the molecule is C=CCOc1c2cccc1Cc1cccc(c1OC(C)=O)Cc1cccc(c1OCC=C)Cc1cccc(c1OC(C)=O)C2. The predicted octanol–water partition coefficient (Wildman–Crippen LogP) is 7.34. The maximum absolute atomic E-state index is 12.4. The Balaban J connectivity index is 1.78. The van der Waals surface area contributed by atoms with Gasteiger partial charge in [0.2, 0.25) is 0 Å². The highest BCUT2D eigenvalue weighted by Crippen LogP contribution is 2.38. The Kier molecular flexibility index (Phi) is 9.60. The molecule has 8 bridgehead atoms. The molecule has 0 heterocycles. The number of hydrogen-bond acceptors (Lipinski definition) is 6. The molecule has 0 atom stereocenters. The van der Waals surface area contributed by atoms with Gasteiger partial charge in [0.15, 0.2) is 0 Å². The number of carbonyl (C=O) groups is 2. The lowest BCUT2D eigenvalue weighted by atomic mass is 9.91. The van der Waals surface area contributed by atoms with Crippen molar-refractivity contribution in [3.63, 3.8) is 0 Å². The van der Waals surface area contributed by atoms with E-state index in [1.807, 2.05) is 72.8 Å². The maximum Gasteiger partial charge on any atom is 0.308 e. The van der Waals surface area contributed by atoms with E-state index in [-0.39, 0.29) is 0 Å². The lowest BCUT2D eigenvalue weighted by molar-refractivity contribution is -0.132. The second-order valence-electron chi connectivity index (χ2n) is 10.7. The van der Waals surface area contributed by atoms with Crippen molar-refractivity contribution in [1.82, 2.24) is 0 Å². The van der Waals surface area contributed by atoms with Gasteiger partial charge < -0.3 is 18.9 Å². The third kappa shape index (κ3) is 6.92. The molecule has 1 aliphatic carbocycles. The quantitative estimate of drug-likeness (QED) is 0.107. The van der Waals surface area contributed by atoms with Crippen LogP contribution in [0.3, 0.4) is 0 Å². The smallest absolute Gasteiger partial charge is 0.308 e. The third-order valence-electron chi connectivity index (χ3n) is 7.42. The fraction of sp³-hybridized carbons (Fsp3) is 0.211. The van der Waals surface area contributed by atoms with Crippen LogP contribution in [0.1, 0.15) is 58.4 Å². The molecular formula is C38H36O6. The summed E-state index contributed by atoms with van der Waals surface area (Å²) in [5.74, 6) is 1.74. The van der Waals surface area contributed by atoms with E-state index in [2.05, 4.69) is 13.2 Å². The van der Waals surface area contributed by atoms with Crippen molar-refractivity contribution in [3.05, 3.63) is 143 Å². The molecule has 0 aromatic heterocycles. The number of ether oxygens (including phenoxy) is 4. The zero-order valence-corrected chi connectivity index (χ0v) is 25.2. The van der Waals surface area contributed by atoms with E-state index in [1.165, 1.54) is 13.8 Å². The van der Waals surface area contributed by atoms with Gasteiger partial charge in [0, 0.05) is 39.5 Å². The van der Waals surface area contributed by atoms with E-state index >= 15 is 0 Å². The number of hydrogen-bond donors (Lipinski definition) is 0. The maximum atomic E-state index is 12.4. The number of para-hydroxylation sites is 4. The van der Waals surface area contributed by atoms with Crippen molar-refractivity contribution < 1.29 is 28.5 Å². The first-order valence-electron chi connectivity index (χ1n) is 14.6. The lowest BCUT2D eigenvalue weighted by Gasteiger charge is -2.21. The van der Waals surface area contributed by atoms with E-state index in [9.17, 15) is 9.59 Å². The van der Waals surface area contributed by atoms with E-state index in [4.69, 9.17) is 18.9 Å². The van der Waals surface area contributed by atoms with Gasteiger partial charge in [-0.3, -0.25) is 9.59 Å². The first kappa shape index (κ1) is 30.4. The molecule has 44 heavy (non-hydrogen) atoms. The van der Waals surface area contributed by atoms with Crippen LogP contribution < -0.4 is 18.9 Å². The minimum Gasteiger partial charge on any atom is -0.489 e. The monoisotopic (exact) mass is 588 g/mol. The number of carbonyl (C=O) groups excluding carboxylic acids is 2. The Morgan fingerprint density at radius 2 is 0.773 bits per heavy atom. The molecule has 0 aliphatic heterocycles. The molecule has 0 saturated carbocycles. The van der Waals surface area contributed by atoms with Gasteiger partial charge in [-0.15, -0.1) is 0 Å². The Bertz CT molecular complexity index is 1500. The molecule has 4 aromatic rings. The molecule has 1 aliphatic rings. The van der Waals surface area contributed by atoms with Crippen LogP contribution in [-0.2, 0) is 35.3 Å². The molecule has 5 rings (SSSR count). The minimum atomic E-state index is -0.390. The molecule has 0 radical (unpaired) electrons. The summed E-state index contributed by atoms with van der Waals surface area (Å²) in [6.07, 6.45) is 5.28. The van der Waals surface area contributed by atoms with E-state index in [1.54, 1.807) is 12.2 Å². The molecule has 0 amide bonds. The van der Waals surface area contributed by atoms with Crippen molar-refractivity contribution in [2.24, 2.45) is 0 Å². The first-order chi connectivity index (χ1) is 21.4. The van der Waals surface area contributed by atoms with Crippen molar-refractivity contribution in [2.75, 3.05) is 13.2 Å². The van der Waals surface area contributed by atoms with Crippen molar-refractivity contribution in [1.29, 1.82) is 0 Å². The Labute approximate surface area is 258 Å². The van der Waals surface area contributed by atoms with Crippen LogP contribution in [0, 0.1) is 0 Å². The molecule has 0 N–H and O–H groups in total. The number of rotatable bonds is 8. The molecular weight excluding hydrogens is 552 g/mol. The second kappa shape index (κ2) is 13.9. The van der Waals surface area contributed by atoms with E-state index in [0.29, 0.717) is 50.4 Å². The molecule has 0 unspecified atom stereocenters. The number of fused-ring (bicyclic) bond motifs is 8. The predicted molar refractivity (Wildman–Crippen MR) is 171 cm³/mol. The Hall–Kier alpha value is -5.10. The van der Waals surface area contributed by atoms with Crippen LogP contribution >= 0.6 is 0 Å². The highest BCUT2D eigenvalue weighted by molar-refractivity contribution is 5.72. The van der Waals surface area contributed by atoms with Gasteiger partial charge in [-0.2, -0.15) is 0 Å². The van der Waals surface area contributed by atoms with Crippen LogP contribution in [-0.4, -0.2) is 25.2 Å². The van der Waals surface area contributed by atoms with Crippen molar-refractivity contribution in [3.8, 4) is 23.0 Å². The summed E-state index contributed by atoms with van der Waals surface area (Å²) in [4.78, 5) is 24.7. The zero-order chi connectivity index (χ0) is 31.1. The van der Waals surface area contributed by atoms with Crippen LogP contribution in [0.5, 0.6) is 23.0 Å². The van der Waals surface area contributed by atoms with Gasteiger partial charge in [0.05, 0.1) is 0 Å². The first-order valence-corrected chi connectivity index (χ1v) is 14.6. The molecule has 0 fully saturated rings. The topological polar surface area (TPSA) is 71.1 Å². The molecule has 6 heteroatoms. The van der Waals surface area contributed by atoms with Gasteiger partial charge in [-0.25, -0.2) is 0 Å². The third-order valence-corrected chi connectivity index (χ3v) is 7.42. The highest BCUT2D eigenvalue weighted by Gasteiger charge is 2.22. The van der Waals surface area contributed by atoms with Gasteiger partial charge in [0.1, 0.15) is 36.2 Å². The average Bonchev–Trinajstić information content (AvgIpc) is 2.99. The lowest BCUT2D eigenvalue weighted by Crippen LogP contribution is -2.11. The summed E-state index contributed by atoms with van der Waals surface area (Å²) in [5.41, 5.74) is 7.17. The largest absolute Gasteiger partial charge is 0.489 e. The fourth-order valence-corrected chi connectivity index (χ4v) is 5.69. The fourth-order valence-electron chi connectivity index (χ4n) is 5.69. The number of esters is 2. The van der Waals surface area contributed by atoms with Crippen LogP contribution in [0.15, 0.2) is 98.1 Å². The van der Waals surface area contributed by atoms with Crippen LogP contribution in [0.2, 0.25) is 0 Å². The molecule has 4 aromatic carbocycles. The summed E-state index contributed by atoms with van der Waals surface area (Å²) >= 11 is 0. The Morgan fingerprint density at radius 1 is 0.523 bits per heavy atom. The van der Waals surface area contributed by atoms with Gasteiger partial charge in [0.25, 0.3) is 0 Å². The Morgan fingerprint density at radius 3 is 1.00 bits per heavy atom. The van der Waals surface area contributed by atoms with Gasteiger partial charge in [-0.05, 0) is 44.5 Å². The highest BCUT2D eigenvalue weighted by atomic mass is 16.5. The van der Waals surface area contributed by atoms with E-state index in [0.717, 1.165) is 56.0 Å². The second-order valence-corrected chi connectivity index (χ2v) is 10.7. The van der Waals surface area contributed by atoms with Gasteiger partial charge in [-0.1, -0.05) is 98.1 Å². The normalized spacial score (nSPS) is 12.0. The molecule has 0 spiro atoms.